The number of carbonyl (C=O) groups is 2. The van der Waals surface area contributed by atoms with Crippen LogP contribution in [0.2, 0.25) is 0 Å². The highest BCUT2D eigenvalue weighted by Gasteiger charge is 2.28. The van der Waals surface area contributed by atoms with Crippen molar-refractivity contribution in [2.75, 3.05) is 6.54 Å². The van der Waals surface area contributed by atoms with Gasteiger partial charge in [0.05, 0.1) is 6.42 Å². The summed E-state index contributed by atoms with van der Waals surface area (Å²) >= 11 is 0. The van der Waals surface area contributed by atoms with Gasteiger partial charge in [-0.3, -0.25) is 9.59 Å². The SMILES string of the molecule is CCCNC(=O)[C@@H](CC)N(Cc1cccc(C)c1)C(=O)Cc1ccc(C)c(C)c1. The third kappa shape index (κ3) is 6.45. The van der Waals surface area contributed by atoms with Crippen LogP contribution in [0.3, 0.4) is 0 Å². The molecule has 0 bridgehead atoms. The van der Waals surface area contributed by atoms with E-state index < -0.39 is 6.04 Å². The van der Waals surface area contributed by atoms with Crippen molar-refractivity contribution in [3.05, 3.63) is 70.3 Å². The van der Waals surface area contributed by atoms with Gasteiger partial charge in [-0.25, -0.2) is 0 Å². The summed E-state index contributed by atoms with van der Waals surface area (Å²) in [4.78, 5) is 27.9. The Morgan fingerprint density at radius 1 is 0.966 bits per heavy atom. The number of hydrogen-bond donors (Lipinski definition) is 1. The Hall–Kier alpha value is -2.62. The van der Waals surface area contributed by atoms with E-state index in [0.717, 1.165) is 23.1 Å². The van der Waals surface area contributed by atoms with Crippen LogP contribution in [0.4, 0.5) is 0 Å². The number of nitrogens with one attached hydrogen (secondary N) is 1. The van der Waals surface area contributed by atoms with E-state index in [4.69, 9.17) is 0 Å². The molecule has 2 aromatic rings. The molecular weight excluding hydrogens is 360 g/mol. The van der Waals surface area contributed by atoms with Crippen LogP contribution in [-0.2, 0) is 22.6 Å². The molecule has 2 rings (SSSR count). The predicted molar refractivity (Wildman–Crippen MR) is 119 cm³/mol. The van der Waals surface area contributed by atoms with Crippen LogP contribution in [0.25, 0.3) is 0 Å². The molecule has 0 aliphatic heterocycles. The van der Waals surface area contributed by atoms with Gasteiger partial charge in [-0.1, -0.05) is 61.9 Å². The molecule has 0 heterocycles. The third-order valence-electron chi connectivity index (χ3n) is 5.30. The van der Waals surface area contributed by atoms with Gasteiger partial charge in [-0.2, -0.15) is 0 Å². The van der Waals surface area contributed by atoms with Gasteiger partial charge in [0.15, 0.2) is 0 Å². The Bertz CT molecular complexity index is 844. The van der Waals surface area contributed by atoms with Crippen molar-refractivity contribution in [1.82, 2.24) is 10.2 Å². The van der Waals surface area contributed by atoms with Crippen molar-refractivity contribution in [2.24, 2.45) is 0 Å². The summed E-state index contributed by atoms with van der Waals surface area (Å²) in [5.74, 6) is -0.0938. The molecule has 1 atom stereocenters. The molecule has 4 heteroatoms. The average Bonchev–Trinajstić information content (AvgIpc) is 2.69. The summed E-state index contributed by atoms with van der Waals surface area (Å²) in [7, 11) is 0. The Balaban J connectivity index is 2.29. The first-order valence-electron chi connectivity index (χ1n) is 10.5. The fourth-order valence-electron chi connectivity index (χ4n) is 3.48. The summed E-state index contributed by atoms with van der Waals surface area (Å²) in [5.41, 5.74) is 5.56. The van der Waals surface area contributed by atoms with Crippen molar-refractivity contribution < 1.29 is 9.59 Å². The van der Waals surface area contributed by atoms with Crippen LogP contribution in [0, 0.1) is 20.8 Å². The molecule has 2 aromatic carbocycles. The number of hydrogen-bond acceptors (Lipinski definition) is 2. The van der Waals surface area contributed by atoms with Crippen molar-refractivity contribution in [3.8, 4) is 0 Å². The van der Waals surface area contributed by atoms with Gasteiger partial charge in [0, 0.05) is 13.1 Å². The van der Waals surface area contributed by atoms with Crippen LogP contribution in [0.1, 0.15) is 54.5 Å². The van der Waals surface area contributed by atoms with Gasteiger partial charge in [0.2, 0.25) is 11.8 Å². The highest BCUT2D eigenvalue weighted by atomic mass is 16.2. The first-order valence-corrected chi connectivity index (χ1v) is 10.5. The molecule has 4 nitrogen and oxygen atoms in total. The third-order valence-corrected chi connectivity index (χ3v) is 5.30. The largest absolute Gasteiger partial charge is 0.354 e. The topological polar surface area (TPSA) is 49.4 Å². The first-order chi connectivity index (χ1) is 13.8. The van der Waals surface area contributed by atoms with E-state index in [-0.39, 0.29) is 11.8 Å². The number of aryl methyl sites for hydroxylation is 3. The molecule has 1 N–H and O–H groups in total. The van der Waals surface area contributed by atoms with Gasteiger partial charge < -0.3 is 10.2 Å². The number of nitrogens with zero attached hydrogens (tertiary/aromatic N) is 1. The zero-order chi connectivity index (χ0) is 21.4. The van der Waals surface area contributed by atoms with E-state index >= 15 is 0 Å². The van der Waals surface area contributed by atoms with Gasteiger partial charge in [-0.05, 0) is 55.9 Å². The summed E-state index contributed by atoms with van der Waals surface area (Å²) in [6.45, 7) is 11.2. The number of rotatable bonds is 9. The van der Waals surface area contributed by atoms with E-state index in [2.05, 4.69) is 31.3 Å². The van der Waals surface area contributed by atoms with Crippen molar-refractivity contribution in [3.63, 3.8) is 0 Å². The minimum atomic E-state index is -0.471. The number of carbonyl (C=O) groups excluding carboxylic acids is 2. The zero-order valence-electron chi connectivity index (χ0n) is 18.4. The molecule has 29 heavy (non-hydrogen) atoms. The van der Waals surface area contributed by atoms with E-state index in [1.165, 1.54) is 11.1 Å². The Morgan fingerprint density at radius 2 is 1.72 bits per heavy atom. The lowest BCUT2D eigenvalue weighted by Gasteiger charge is -2.31. The van der Waals surface area contributed by atoms with Crippen LogP contribution < -0.4 is 5.32 Å². The van der Waals surface area contributed by atoms with Gasteiger partial charge in [-0.15, -0.1) is 0 Å². The van der Waals surface area contributed by atoms with E-state index in [9.17, 15) is 9.59 Å². The van der Waals surface area contributed by atoms with E-state index in [1.807, 2.05) is 51.1 Å². The normalized spacial score (nSPS) is 11.8. The van der Waals surface area contributed by atoms with Crippen molar-refractivity contribution >= 4 is 11.8 Å². The number of benzene rings is 2. The summed E-state index contributed by atoms with van der Waals surface area (Å²) < 4.78 is 0. The van der Waals surface area contributed by atoms with Crippen LogP contribution in [-0.4, -0.2) is 29.3 Å². The molecule has 0 spiro atoms. The monoisotopic (exact) mass is 394 g/mol. The Kier molecular flexibility index (Phi) is 8.44. The molecule has 0 aliphatic rings. The van der Waals surface area contributed by atoms with Crippen LogP contribution in [0.15, 0.2) is 42.5 Å². The predicted octanol–water partition coefficient (Wildman–Crippen LogP) is 4.49. The lowest BCUT2D eigenvalue weighted by Crippen LogP contribution is -2.49. The average molecular weight is 395 g/mol. The second kappa shape index (κ2) is 10.8. The molecule has 0 unspecified atom stereocenters. The molecule has 2 amide bonds. The zero-order valence-corrected chi connectivity index (χ0v) is 18.4. The van der Waals surface area contributed by atoms with Crippen LogP contribution >= 0.6 is 0 Å². The quantitative estimate of drug-likeness (QED) is 0.681. The molecule has 156 valence electrons. The van der Waals surface area contributed by atoms with Gasteiger partial charge >= 0.3 is 0 Å². The summed E-state index contributed by atoms with van der Waals surface area (Å²) in [6.07, 6.45) is 1.75. The van der Waals surface area contributed by atoms with Gasteiger partial charge in [0.1, 0.15) is 6.04 Å². The standard InChI is InChI=1S/C25H34N2O2/c1-6-13-26-25(29)23(7-2)27(17-22-10-8-9-18(3)14-22)24(28)16-21-12-11-19(4)20(5)15-21/h8-12,14-15,23H,6-7,13,16-17H2,1-5H3,(H,26,29)/t23-/m1/s1. The second-order valence-corrected chi connectivity index (χ2v) is 7.82. The highest BCUT2D eigenvalue weighted by molar-refractivity contribution is 5.88. The van der Waals surface area contributed by atoms with E-state index in [1.54, 1.807) is 4.90 Å². The molecular formula is C25H34N2O2. The fraction of sp³-hybridized carbons (Fsp3) is 0.440. The molecule has 0 aromatic heterocycles. The Morgan fingerprint density at radius 3 is 2.34 bits per heavy atom. The van der Waals surface area contributed by atoms with Crippen molar-refractivity contribution in [1.29, 1.82) is 0 Å². The lowest BCUT2D eigenvalue weighted by molar-refractivity contribution is -0.140. The minimum Gasteiger partial charge on any atom is -0.354 e. The molecule has 0 fully saturated rings. The van der Waals surface area contributed by atoms with Gasteiger partial charge in [0.25, 0.3) is 0 Å². The number of amides is 2. The molecule has 0 saturated carbocycles. The summed E-state index contributed by atoms with van der Waals surface area (Å²) in [5, 5.41) is 2.96. The first kappa shape index (κ1) is 22.7. The maximum absolute atomic E-state index is 13.3. The van der Waals surface area contributed by atoms with E-state index in [0.29, 0.717) is 25.9 Å². The molecule has 0 saturated heterocycles. The second-order valence-electron chi connectivity index (χ2n) is 7.82. The Labute approximate surface area is 175 Å². The lowest BCUT2D eigenvalue weighted by atomic mass is 10.0. The fourth-order valence-corrected chi connectivity index (χ4v) is 3.48. The summed E-state index contributed by atoms with van der Waals surface area (Å²) in [6, 6.07) is 13.8. The van der Waals surface area contributed by atoms with Crippen LogP contribution in [0.5, 0.6) is 0 Å². The maximum atomic E-state index is 13.3. The smallest absolute Gasteiger partial charge is 0.242 e. The van der Waals surface area contributed by atoms with Crippen molar-refractivity contribution in [2.45, 2.75) is 66.5 Å². The maximum Gasteiger partial charge on any atom is 0.242 e. The molecule has 0 aliphatic carbocycles. The highest BCUT2D eigenvalue weighted by Crippen LogP contribution is 2.17. The minimum absolute atomic E-state index is 0.0201. The molecule has 0 radical (unpaired) electrons.